The highest BCUT2D eigenvalue weighted by atomic mass is 35.5. The van der Waals surface area contributed by atoms with Gasteiger partial charge in [0.25, 0.3) is 0 Å². The third kappa shape index (κ3) is 2.76. The molecule has 1 amide bonds. The van der Waals surface area contributed by atoms with Gasteiger partial charge in [-0.25, -0.2) is 4.39 Å². The zero-order valence-electron chi connectivity index (χ0n) is 9.57. The molecule has 3 nitrogen and oxygen atoms in total. The van der Waals surface area contributed by atoms with Crippen LogP contribution in [0.4, 0.5) is 4.39 Å². The Morgan fingerprint density at radius 3 is 2.94 bits per heavy atom. The molecular weight excluding hydrogens is 243 g/mol. The lowest BCUT2D eigenvalue weighted by molar-refractivity contribution is -0.122. The summed E-state index contributed by atoms with van der Waals surface area (Å²) in [6.45, 7) is 1.64. The van der Waals surface area contributed by atoms with Crippen LogP contribution in [-0.2, 0) is 11.2 Å². The number of hydrogen-bond donors (Lipinski definition) is 2. The molecule has 5 heteroatoms. The van der Waals surface area contributed by atoms with E-state index in [1.807, 2.05) is 6.07 Å². The van der Waals surface area contributed by atoms with Crippen molar-refractivity contribution in [2.75, 3.05) is 0 Å². The molecular formula is C12H16ClFN2O. The minimum atomic E-state index is -0.530. The third-order valence-corrected chi connectivity index (χ3v) is 2.94. The van der Waals surface area contributed by atoms with Gasteiger partial charge in [0, 0.05) is 0 Å². The van der Waals surface area contributed by atoms with Crippen LogP contribution in [0.3, 0.4) is 0 Å². The largest absolute Gasteiger partial charge is 0.348 e. The maximum Gasteiger partial charge on any atom is 0.237 e. The summed E-state index contributed by atoms with van der Waals surface area (Å²) < 4.78 is 13.4. The van der Waals surface area contributed by atoms with E-state index in [1.54, 1.807) is 13.0 Å². The van der Waals surface area contributed by atoms with Crippen LogP contribution in [0.25, 0.3) is 0 Å². The standard InChI is InChI=1S/C12H15FN2O.ClH/c1-7(14)12(16)15-11-6-5-8-9(11)3-2-4-10(8)13;/h2-4,7,11H,5-6,14H2,1H3,(H,15,16);1H/t7-,11?;/m1./s1. The smallest absolute Gasteiger partial charge is 0.237 e. The summed E-state index contributed by atoms with van der Waals surface area (Å²) in [6, 6.07) is 4.36. The van der Waals surface area contributed by atoms with Crippen LogP contribution < -0.4 is 11.1 Å². The van der Waals surface area contributed by atoms with Gasteiger partial charge in [0.2, 0.25) is 5.91 Å². The van der Waals surface area contributed by atoms with Crippen LogP contribution in [-0.4, -0.2) is 11.9 Å². The number of halogens is 2. The molecule has 0 radical (unpaired) electrons. The van der Waals surface area contributed by atoms with Crippen molar-refractivity contribution in [3.05, 3.63) is 35.1 Å². The molecule has 3 N–H and O–H groups in total. The van der Waals surface area contributed by atoms with E-state index in [1.165, 1.54) is 6.07 Å². The highest BCUT2D eigenvalue weighted by Crippen LogP contribution is 2.32. The zero-order chi connectivity index (χ0) is 11.7. The average Bonchev–Trinajstić information content (AvgIpc) is 2.63. The number of fused-ring (bicyclic) bond motifs is 1. The molecule has 1 aliphatic rings. The Morgan fingerprint density at radius 2 is 2.29 bits per heavy atom. The number of nitrogens with one attached hydrogen (secondary N) is 1. The fourth-order valence-corrected chi connectivity index (χ4v) is 2.06. The highest BCUT2D eigenvalue weighted by Gasteiger charge is 2.26. The molecule has 2 rings (SSSR count). The van der Waals surface area contributed by atoms with Gasteiger partial charge < -0.3 is 11.1 Å². The molecule has 0 saturated carbocycles. The highest BCUT2D eigenvalue weighted by molar-refractivity contribution is 5.85. The third-order valence-electron chi connectivity index (χ3n) is 2.94. The van der Waals surface area contributed by atoms with Crippen molar-refractivity contribution in [2.45, 2.75) is 31.8 Å². The van der Waals surface area contributed by atoms with Crippen molar-refractivity contribution >= 4 is 18.3 Å². The van der Waals surface area contributed by atoms with Crippen LogP contribution >= 0.6 is 12.4 Å². The predicted molar refractivity (Wildman–Crippen MR) is 66.5 cm³/mol. The van der Waals surface area contributed by atoms with Gasteiger partial charge in [0.1, 0.15) is 5.82 Å². The molecule has 0 fully saturated rings. The summed E-state index contributed by atoms with van der Waals surface area (Å²) in [5.74, 6) is -0.378. The van der Waals surface area contributed by atoms with Crippen molar-refractivity contribution in [3.63, 3.8) is 0 Å². The monoisotopic (exact) mass is 258 g/mol. The minimum absolute atomic E-state index is 0. The number of amides is 1. The molecule has 0 saturated heterocycles. The lowest BCUT2D eigenvalue weighted by atomic mass is 10.1. The van der Waals surface area contributed by atoms with Gasteiger partial charge in [-0.1, -0.05) is 12.1 Å². The van der Waals surface area contributed by atoms with Crippen LogP contribution in [0.5, 0.6) is 0 Å². The lowest BCUT2D eigenvalue weighted by Gasteiger charge is -2.15. The van der Waals surface area contributed by atoms with E-state index in [0.717, 1.165) is 17.5 Å². The first kappa shape index (κ1) is 13.9. The van der Waals surface area contributed by atoms with E-state index in [4.69, 9.17) is 5.73 Å². The van der Waals surface area contributed by atoms with Crippen molar-refractivity contribution in [2.24, 2.45) is 5.73 Å². The molecule has 0 aliphatic heterocycles. The van der Waals surface area contributed by atoms with Gasteiger partial charge in [-0.2, -0.15) is 0 Å². The minimum Gasteiger partial charge on any atom is -0.348 e. The van der Waals surface area contributed by atoms with Crippen molar-refractivity contribution in [3.8, 4) is 0 Å². The maximum atomic E-state index is 13.4. The fraction of sp³-hybridized carbons (Fsp3) is 0.417. The molecule has 1 aromatic carbocycles. The first-order valence-corrected chi connectivity index (χ1v) is 5.43. The Balaban J connectivity index is 0.00000144. The van der Waals surface area contributed by atoms with Gasteiger partial charge in [-0.15, -0.1) is 12.4 Å². The first-order valence-electron chi connectivity index (χ1n) is 5.43. The normalized spacial score (nSPS) is 19.1. The van der Waals surface area contributed by atoms with Crippen molar-refractivity contribution in [1.29, 1.82) is 0 Å². The SMILES string of the molecule is C[C@@H](N)C(=O)NC1CCc2c(F)cccc21.Cl. The summed E-state index contributed by atoms with van der Waals surface area (Å²) in [4.78, 5) is 11.5. The van der Waals surface area contributed by atoms with Gasteiger partial charge >= 0.3 is 0 Å². The van der Waals surface area contributed by atoms with E-state index >= 15 is 0 Å². The molecule has 1 aliphatic carbocycles. The van der Waals surface area contributed by atoms with Gasteiger partial charge in [0.15, 0.2) is 0 Å². The predicted octanol–water partition coefficient (Wildman–Crippen LogP) is 1.70. The second-order valence-corrected chi connectivity index (χ2v) is 4.20. The Morgan fingerprint density at radius 1 is 1.59 bits per heavy atom. The van der Waals surface area contributed by atoms with Crippen molar-refractivity contribution < 1.29 is 9.18 Å². The van der Waals surface area contributed by atoms with E-state index in [9.17, 15) is 9.18 Å². The Hall–Kier alpha value is -1.13. The van der Waals surface area contributed by atoms with E-state index in [-0.39, 0.29) is 30.2 Å². The molecule has 0 bridgehead atoms. The zero-order valence-corrected chi connectivity index (χ0v) is 10.4. The number of hydrogen-bond acceptors (Lipinski definition) is 2. The summed E-state index contributed by atoms with van der Waals surface area (Å²) in [7, 11) is 0. The quantitative estimate of drug-likeness (QED) is 0.848. The van der Waals surface area contributed by atoms with E-state index < -0.39 is 6.04 Å². The number of rotatable bonds is 2. The van der Waals surface area contributed by atoms with Gasteiger partial charge in [0.05, 0.1) is 12.1 Å². The molecule has 2 atom stereocenters. The molecule has 17 heavy (non-hydrogen) atoms. The first-order chi connectivity index (χ1) is 7.59. The summed E-state index contributed by atoms with van der Waals surface area (Å²) in [6.07, 6.45) is 1.42. The lowest BCUT2D eigenvalue weighted by Crippen LogP contribution is -2.39. The fourth-order valence-electron chi connectivity index (χ4n) is 2.06. The number of carbonyl (C=O) groups is 1. The molecule has 1 aromatic rings. The number of nitrogens with two attached hydrogens (primary N) is 1. The molecule has 1 unspecified atom stereocenters. The summed E-state index contributed by atoms with van der Waals surface area (Å²) >= 11 is 0. The Labute approximate surface area is 106 Å². The van der Waals surface area contributed by atoms with Crippen LogP contribution in [0.15, 0.2) is 18.2 Å². The molecule has 0 aromatic heterocycles. The second kappa shape index (κ2) is 5.47. The van der Waals surface area contributed by atoms with E-state index in [2.05, 4.69) is 5.32 Å². The van der Waals surface area contributed by atoms with Crippen LogP contribution in [0, 0.1) is 5.82 Å². The summed E-state index contributed by atoms with van der Waals surface area (Å²) in [5, 5.41) is 2.83. The molecule has 0 heterocycles. The van der Waals surface area contributed by atoms with Gasteiger partial charge in [-0.3, -0.25) is 4.79 Å². The maximum absolute atomic E-state index is 13.4. The average molecular weight is 259 g/mol. The topological polar surface area (TPSA) is 55.1 Å². The van der Waals surface area contributed by atoms with Crippen LogP contribution in [0.1, 0.15) is 30.5 Å². The number of benzene rings is 1. The van der Waals surface area contributed by atoms with Crippen molar-refractivity contribution in [1.82, 2.24) is 5.32 Å². The molecule has 0 spiro atoms. The second-order valence-electron chi connectivity index (χ2n) is 4.20. The van der Waals surface area contributed by atoms with Crippen LogP contribution in [0.2, 0.25) is 0 Å². The number of carbonyl (C=O) groups excluding carboxylic acids is 1. The Bertz CT molecular complexity index is 423. The van der Waals surface area contributed by atoms with E-state index in [0.29, 0.717) is 6.42 Å². The summed E-state index contributed by atoms with van der Waals surface area (Å²) in [5.41, 5.74) is 7.08. The van der Waals surface area contributed by atoms with Gasteiger partial charge in [-0.05, 0) is 37.0 Å². The molecule has 94 valence electrons. The Kier molecular flexibility index (Phi) is 4.48.